The Morgan fingerprint density at radius 2 is 2.16 bits per heavy atom. The number of aromatic nitrogens is 2. The van der Waals surface area contributed by atoms with Gasteiger partial charge < -0.3 is 10.1 Å². The van der Waals surface area contributed by atoms with Crippen molar-refractivity contribution in [1.82, 2.24) is 19.8 Å². The van der Waals surface area contributed by atoms with Crippen LogP contribution in [-0.2, 0) is 21.3 Å². The fourth-order valence-electron chi connectivity index (χ4n) is 2.74. The molecule has 3 rings (SSSR count). The first-order valence-electron chi connectivity index (χ1n) is 6.43. The van der Waals surface area contributed by atoms with Crippen molar-refractivity contribution in [3.63, 3.8) is 0 Å². The highest BCUT2D eigenvalue weighted by Crippen LogP contribution is 2.30. The SMILES string of the molecule is CNCc1cn[nH]c1S(=O)(=O)N1CC2CCC(C1)O2. The van der Waals surface area contributed by atoms with E-state index in [1.807, 2.05) is 0 Å². The van der Waals surface area contributed by atoms with Gasteiger partial charge in [-0.3, -0.25) is 5.10 Å². The fourth-order valence-corrected chi connectivity index (χ4v) is 4.35. The summed E-state index contributed by atoms with van der Waals surface area (Å²) in [5, 5.41) is 9.62. The molecule has 0 spiro atoms. The second-order valence-electron chi connectivity index (χ2n) is 5.03. The molecule has 1 aromatic heterocycles. The van der Waals surface area contributed by atoms with Crippen molar-refractivity contribution in [3.8, 4) is 0 Å². The molecule has 2 bridgehead atoms. The molecule has 106 valence electrons. The van der Waals surface area contributed by atoms with E-state index in [0.717, 1.165) is 12.8 Å². The van der Waals surface area contributed by atoms with E-state index in [4.69, 9.17) is 4.74 Å². The van der Waals surface area contributed by atoms with Crippen molar-refractivity contribution >= 4 is 10.0 Å². The van der Waals surface area contributed by atoms with E-state index in [1.165, 1.54) is 4.31 Å². The molecule has 2 aliphatic rings. The summed E-state index contributed by atoms with van der Waals surface area (Å²) in [4.78, 5) is 0. The number of H-pyrrole nitrogens is 1. The molecule has 2 N–H and O–H groups in total. The van der Waals surface area contributed by atoms with Gasteiger partial charge in [0.1, 0.15) is 0 Å². The molecular weight excluding hydrogens is 268 g/mol. The number of nitrogens with one attached hydrogen (secondary N) is 2. The highest BCUT2D eigenvalue weighted by Gasteiger charge is 2.40. The zero-order valence-electron chi connectivity index (χ0n) is 10.8. The van der Waals surface area contributed by atoms with Gasteiger partial charge in [-0.05, 0) is 19.9 Å². The molecule has 1 aromatic rings. The van der Waals surface area contributed by atoms with Crippen LogP contribution in [0.3, 0.4) is 0 Å². The molecule has 0 aromatic carbocycles. The van der Waals surface area contributed by atoms with Crippen molar-refractivity contribution in [3.05, 3.63) is 11.8 Å². The van der Waals surface area contributed by atoms with Crippen LogP contribution >= 0.6 is 0 Å². The first-order valence-corrected chi connectivity index (χ1v) is 7.87. The smallest absolute Gasteiger partial charge is 0.260 e. The Morgan fingerprint density at radius 1 is 1.47 bits per heavy atom. The number of hydrogen-bond donors (Lipinski definition) is 2. The number of ether oxygens (including phenoxy) is 1. The Bertz CT molecular complexity index is 544. The summed E-state index contributed by atoms with van der Waals surface area (Å²) in [6.07, 6.45) is 3.54. The Kier molecular flexibility index (Phi) is 3.34. The van der Waals surface area contributed by atoms with Crippen LogP contribution in [0.25, 0.3) is 0 Å². The topological polar surface area (TPSA) is 87.3 Å². The summed E-state index contributed by atoms with van der Waals surface area (Å²) in [5.41, 5.74) is 0.668. The van der Waals surface area contributed by atoms with E-state index in [2.05, 4.69) is 15.5 Å². The maximum Gasteiger partial charge on any atom is 0.260 e. The lowest BCUT2D eigenvalue weighted by Gasteiger charge is -2.30. The van der Waals surface area contributed by atoms with Gasteiger partial charge in [0, 0.05) is 25.2 Å². The lowest BCUT2D eigenvalue weighted by Crippen LogP contribution is -2.46. The van der Waals surface area contributed by atoms with Gasteiger partial charge in [0.05, 0.1) is 18.4 Å². The molecule has 3 heterocycles. The molecule has 0 amide bonds. The first-order chi connectivity index (χ1) is 9.11. The number of morpholine rings is 1. The molecular formula is C11H18N4O3S. The van der Waals surface area contributed by atoms with Gasteiger partial charge in [0.2, 0.25) is 0 Å². The monoisotopic (exact) mass is 286 g/mol. The third-order valence-electron chi connectivity index (χ3n) is 3.65. The van der Waals surface area contributed by atoms with E-state index in [9.17, 15) is 8.42 Å². The number of fused-ring (bicyclic) bond motifs is 2. The van der Waals surface area contributed by atoms with Gasteiger partial charge in [-0.15, -0.1) is 0 Å². The molecule has 0 saturated carbocycles. The highest BCUT2D eigenvalue weighted by molar-refractivity contribution is 7.89. The predicted molar refractivity (Wildman–Crippen MR) is 68.0 cm³/mol. The Morgan fingerprint density at radius 3 is 2.79 bits per heavy atom. The van der Waals surface area contributed by atoms with Crippen molar-refractivity contribution in [2.75, 3.05) is 20.1 Å². The summed E-state index contributed by atoms with van der Waals surface area (Å²) in [6.45, 7) is 1.36. The maximum atomic E-state index is 12.6. The van der Waals surface area contributed by atoms with Crippen LogP contribution < -0.4 is 5.32 Å². The third-order valence-corrected chi connectivity index (χ3v) is 5.50. The lowest BCUT2D eigenvalue weighted by atomic mass is 10.2. The molecule has 2 fully saturated rings. The standard InChI is InChI=1S/C11H18N4O3S/c1-12-4-8-5-13-14-11(8)19(16,17)15-6-9-2-3-10(7-15)18-9/h5,9-10,12H,2-4,6-7H2,1H3,(H,13,14). The average Bonchev–Trinajstić information content (AvgIpc) is 2.97. The van der Waals surface area contributed by atoms with Crippen LogP contribution in [0.2, 0.25) is 0 Å². The molecule has 0 aliphatic carbocycles. The van der Waals surface area contributed by atoms with Crippen molar-refractivity contribution in [2.45, 2.75) is 36.6 Å². The Hall–Kier alpha value is -0.960. The number of rotatable bonds is 4. The van der Waals surface area contributed by atoms with E-state index in [1.54, 1.807) is 13.2 Å². The van der Waals surface area contributed by atoms with Crippen LogP contribution in [-0.4, -0.2) is 55.3 Å². The maximum absolute atomic E-state index is 12.6. The predicted octanol–water partition coefficient (Wildman–Crippen LogP) is -0.319. The quantitative estimate of drug-likeness (QED) is 0.792. The number of hydrogen-bond acceptors (Lipinski definition) is 5. The van der Waals surface area contributed by atoms with Crippen LogP contribution in [0.15, 0.2) is 11.2 Å². The van der Waals surface area contributed by atoms with Gasteiger partial charge in [-0.1, -0.05) is 0 Å². The van der Waals surface area contributed by atoms with Gasteiger partial charge in [0.15, 0.2) is 5.03 Å². The summed E-state index contributed by atoms with van der Waals surface area (Å²) >= 11 is 0. The molecule has 7 nitrogen and oxygen atoms in total. The molecule has 2 saturated heterocycles. The largest absolute Gasteiger partial charge is 0.372 e. The van der Waals surface area contributed by atoms with Gasteiger partial charge in [-0.25, -0.2) is 8.42 Å². The summed E-state index contributed by atoms with van der Waals surface area (Å²) in [5.74, 6) is 0. The van der Waals surface area contributed by atoms with Crippen LogP contribution in [0.4, 0.5) is 0 Å². The van der Waals surface area contributed by atoms with Crippen molar-refractivity contribution in [1.29, 1.82) is 0 Å². The van der Waals surface area contributed by atoms with Crippen LogP contribution in [0, 0.1) is 0 Å². The summed E-state index contributed by atoms with van der Waals surface area (Å²) < 4.78 is 32.5. The molecule has 19 heavy (non-hydrogen) atoms. The third kappa shape index (κ3) is 2.29. The molecule has 8 heteroatoms. The van der Waals surface area contributed by atoms with Crippen LogP contribution in [0.5, 0.6) is 0 Å². The zero-order chi connectivity index (χ0) is 13.5. The fraction of sp³-hybridized carbons (Fsp3) is 0.727. The number of aromatic amines is 1. The van der Waals surface area contributed by atoms with Crippen molar-refractivity contribution in [2.24, 2.45) is 0 Å². The first kappa shape index (κ1) is 13.0. The van der Waals surface area contributed by atoms with Crippen molar-refractivity contribution < 1.29 is 13.2 Å². The van der Waals surface area contributed by atoms with E-state index in [-0.39, 0.29) is 17.2 Å². The molecule has 2 atom stereocenters. The minimum atomic E-state index is -3.50. The second kappa shape index (κ2) is 4.86. The molecule has 2 unspecified atom stereocenters. The minimum Gasteiger partial charge on any atom is -0.372 e. The Labute approximate surface area is 112 Å². The summed E-state index contributed by atoms with van der Waals surface area (Å²) in [7, 11) is -1.73. The second-order valence-corrected chi connectivity index (χ2v) is 6.91. The van der Waals surface area contributed by atoms with E-state index >= 15 is 0 Å². The summed E-state index contributed by atoms with van der Waals surface area (Å²) in [6, 6.07) is 0. The highest BCUT2D eigenvalue weighted by atomic mass is 32.2. The van der Waals surface area contributed by atoms with Crippen LogP contribution in [0.1, 0.15) is 18.4 Å². The molecule has 0 radical (unpaired) electrons. The number of sulfonamides is 1. The van der Waals surface area contributed by atoms with E-state index in [0.29, 0.717) is 25.2 Å². The Balaban J connectivity index is 1.88. The normalized spacial score (nSPS) is 27.8. The van der Waals surface area contributed by atoms with E-state index < -0.39 is 10.0 Å². The van der Waals surface area contributed by atoms with Gasteiger partial charge >= 0.3 is 0 Å². The van der Waals surface area contributed by atoms with Gasteiger partial charge in [0.25, 0.3) is 10.0 Å². The minimum absolute atomic E-state index is 0.0456. The molecule has 2 aliphatic heterocycles. The van der Waals surface area contributed by atoms with Gasteiger partial charge in [-0.2, -0.15) is 9.40 Å². The zero-order valence-corrected chi connectivity index (χ0v) is 11.6. The average molecular weight is 286 g/mol. The number of nitrogens with zero attached hydrogens (tertiary/aromatic N) is 2. The lowest BCUT2D eigenvalue weighted by molar-refractivity contribution is -0.0115.